The fourth-order valence-corrected chi connectivity index (χ4v) is 1.94. The molecule has 0 heterocycles. The SMILES string of the molecule is CC(C)(C)OC(=O)NC(CN)CCCN(C(=O)O)C(C)(C)C. The summed E-state index contributed by atoms with van der Waals surface area (Å²) in [5.41, 5.74) is 4.63. The van der Waals surface area contributed by atoms with Gasteiger partial charge in [-0.05, 0) is 54.4 Å². The standard InChI is InChI=1S/C15H31N3O4/c1-14(2,3)18(13(20)21)9-7-8-11(10-16)17-12(19)22-15(4,5)6/h11H,7-10,16H2,1-6H3,(H,17,19)(H,20,21). The van der Waals surface area contributed by atoms with Crippen LogP contribution in [-0.4, -0.2) is 52.5 Å². The summed E-state index contributed by atoms with van der Waals surface area (Å²) >= 11 is 0. The average Bonchev–Trinajstić information content (AvgIpc) is 2.28. The van der Waals surface area contributed by atoms with Gasteiger partial charge in [0.1, 0.15) is 5.60 Å². The molecule has 0 bridgehead atoms. The van der Waals surface area contributed by atoms with Crippen LogP contribution in [0, 0.1) is 0 Å². The van der Waals surface area contributed by atoms with Gasteiger partial charge in [0.2, 0.25) is 0 Å². The Morgan fingerprint density at radius 3 is 2.14 bits per heavy atom. The zero-order chi connectivity index (χ0) is 17.6. The Hall–Kier alpha value is -1.50. The van der Waals surface area contributed by atoms with E-state index in [4.69, 9.17) is 10.5 Å². The zero-order valence-electron chi connectivity index (χ0n) is 14.6. The summed E-state index contributed by atoms with van der Waals surface area (Å²) in [7, 11) is 0. The lowest BCUT2D eigenvalue weighted by atomic mass is 10.1. The van der Waals surface area contributed by atoms with Gasteiger partial charge in [-0.1, -0.05) is 0 Å². The van der Waals surface area contributed by atoms with Crippen molar-refractivity contribution in [2.24, 2.45) is 5.73 Å². The van der Waals surface area contributed by atoms with Crippen molar-refractivity contribution in [1.82, 2.24) is 10.2 Å². The van der Waals surface area contributed by atoms with Gasteiger partial charge in [0, 0.05) is 24.7 Å². The number of rotatable bonds is 6. The highest BCUT2D eigenvalue weighted by atomic mass is 16.6. The Bertz CT molecular complexity index is 372. The molecule has 0 aromatic rings. The van der Waals surface area contributed by atoms with Crippen molar-refractivity contribution in [2.45, 2.75) is 71.6 Å². The van der Waals surface area contributed by atoms with Crippen LogP contribution in [0.5, 0.6) is 0 Å². The molecule has 0 spiro atoms. The molecule has 7 heteroatoms. The van der Waals surface area contributed by atoms with Crippen LogP contribution in [0.2, 0.25) is 0 Å². The highest BCUT2D eigenvalue weighted by Gasteiger charge is 2.26. The van der Waals surface area contributed by atoms with Gasteiger partial charge >= 0.3 is 12.2 Å². The van der Waals surface area contributed by atoms with Crippen LogP contribution in [0.1, 0.15) is 54.4 Å². The number of ether oxygens (including phenoxy) is 1. The summed E-state index contributed by atoms with van der Waals surface area (Å²) in [5, 5.41) is 11.9. The van der Waals surface area contributed by atoms with Crippen molar-refractivity contribution in [2.75, 3.05) is 13.1 Å². The molecule has 0 aliphatic heterocycles. The maximum atomic E-state index is 11.7. The molecule has 0 aliphatic carbocycles. The number of hydrogen-bond donors (Lipinski definition) is 3. The van der Waals surface area contributed by atoms with E-state index in [1.807, 2.05) is 20.8 Å². The Kier molecular flexibility index (Phi) is 7.66. The van der Waals surface area contributed by atoms with Crippen LogP contribution < -0.4 is 11.1 Å². The molecule has 1 unspecified atom stereocenters. The normalized spacial score (nSPS) is 13.4. The molecule has 0 aromatic heterocycles. The largest absolute Gasteiger partial charge is 0.465 e. The van der Waals surface area contributed by atoms with Crippen molar-refractivity contribution in [3.63, 3.8) is 0 Å². The Morgan fingerprint density at radius 2 is 1.77 bits per heavy atom. The van der Waals surface area contributed by atoms with Gasteiger partial charge in [-0.2, -0.15) is 0 Å². The Balaban J connectivity index is 4.36. The van der Waals surface area contributed by atoms with Gasteiger partial charge in [0.05, 0.1) is 0 Å². The van der Waals surface area contributed by atoms with E-state index in [1.165, 1.54) is 4.90 Å². The maximum Gasteiger partial charge on any atom is 0.407 e. The van der Waals surface area contributed by atoms with E-state index in [9.17, 15) is 14.7 Å². The molecule has 0 aromatic carbocycles. The fourth-order valence-electron chi connectivity index (χ4n) is 1.94. The van der Waals surface area contributed by atoms with Crippen molar-refractivity contribution < 1.29 is 19.4 Å². The first-order valence-corrected chi connectivity index (χ1v) is 7.57. The second kappa shape index (κ2) is 8.22. The number of nitrogens with two attached hydrogens (primary N) is 1. The molecule has 7 nitrogen and oxygen atoms in total. The number of alkyl carbamates (subject to hydrolysis) is 1. The molecule has 1 atom stereocenters. The van der Waals surface area contributed by atoms with Crippen molar-refractivity contribution in [3.8, 4) is 0 Å². The van der Waals surface area contributed by atoms with Gasteiger partial charge in [0.15, 0.2) is 0 Å². The van der Waals surface area contributed by atoms with E-state index in [0.717, 1.165) is 0 Å². The smallest absolute Gasteiger partial charge is 0.407 e. The highest BCUT2D eigenvalue weighted by Crippen LogP contribution is 2.15. The van der Waals surface area contributed by atoms with E-state index in [1.54, 1.807) is 20.8 Å². The number of nitrogens with one attached hydrogen (secondary N) is 1. The van der Waals surface area contributed by atoms with Gasteiger partial charge in [-0.25, -0.2) is 9.59 Å². The molecule has 0 radical (unpaired) electrons. The summed E-state index contributed by atoms with van der Waals surface area (Å²) in [6, 6.07) is -0.231. The predicted octanol–water partition coefficient (Wildman–Crippen LogP) is 2.40. The minimum absolute atomic E-state index is 0.231. The molecule has 0 fully saturated rings. The second-order valence-corrected chi connectivity index (χ2v) is 7.33. The van der Waals surface area contributed by atoms with E-state index in [2.05, 4.69) is 5.32 Å². The number of nitrogens with zero attached hydrogens (tertiary/aromatic N) is 1. The van der Waals surface area contributed by atoms with Crippen LogP contribution in [0.3, 0.4) is 0 Å². The van der Waals surface area contributed by atoms with E-state index in [-0.39, 0.29) is 12.6 Å². The molecule has 2 amide bonds. The lowest BCUT2D eigenvalue weighted by Crippen LogP contribution is -2.46. The lowest BCUT2D eigenvalue weighted by Gasteiger charge is -2.33. The Morgan fingerprint density at radius 1 is 1.23 bits per heavy atom. The molecule has 0 aliphatic rings. The third kappa shape index (κ3) is 8.71. The van der Waals surface area contributed by atoms with E-state index in [0.29, 0.717) is 19.4 Å². The quantitative estimate of drug-likeness (QED) is 0.697. The minimum atomic E-state index is -0.947. The van der Waals surface area contributed by atoms with Crippen LogP contribution in [0.4, 0.5) is 9.59 Å². The number of carboxylic acid groups (broad SMARTS) is 1. The van der Waals surface area contributed by atoms with Gasteiger partial charge in [-0.3, -0.25) is 0 Å². The molecule has 130 valence electrons. The van der Waals surface area contributed by atoms with Gasteiger partial charge < -0.3 is 25.8 Å². The first kappa shape index (κ1) is 20.5. The van der Waals surface area contributed by atoms with Crippen LogP contribution in [-0.2, 0) is 4.74 Å². The van der Waals surface area contributed by atoms with Crippen molar-refractivity contribution in [3.05, 3.63) is 0 Å². The highest BCUT2D eigenvalue weighted by molar-refractivity contribution is 5.68. The third-order valence-corrected chi connectivity index (χ3v) is 2.98. The minimum Gasteiger partial charge on any atom is -0.465 e. The molecular formula is C15H31N3O4. The third-order valence-electron chi connectivity index (χ3n) is 2.98. The Labute approximate surface area is 133 Å². The molecule has 22 heavy (non-hydrogen) atoms. The monoisotopic (exact) mass is 317 g/mol. The molecule has 0 saturated carbocycles. The number of carbonyl (C=O) groups is 2. The zero-order valence-corrected chi connectivity index (χ0v) is 14.6. The number of amides is 2. The first-order chi connectivity index (χ1) is 9.86. The summed E-state index contributed by atoms with van der Waals surface area (Å²) in [5.74, 6) is 0. The first-order valence-electron chi connectivity index (χ1n) is 7.57. The second-order valence-electron chi connectivity index (χ2n) is 7.33. The van der Waals surface area contributed by atoms with Crippen LogP contribution in [0.15, 0.2) is 0 Å². The van der Waals surface area contributed by atoms with Crippen molar-refractivity contribution in [1.29, 1.82) is 0 Å². The van der Waals surface area contributed by atoms with Crippen LogP contribution in [0.25, 0.3) is 0 Å². The van der Waals surface area contributed by atoms with E-state index < -0.39 is 23.3 Å². The van der Waals surface area contributed by atoms with Crippen LogP contribution >= 0.6 is 0 Å². The maximum absolute atomic E-state index is 11.7. The summed E-state index contributed by atoms with van der Waals surface area (Å²) in [6.07, 6.45) is -0.248. The lowest BCUT2D eigenvalue weighted by molar-refractivity contribution is 0.0499. The van der Waals surface area contributed by atoms with Gasteiger partial charge in [-0.15, -0.1) is 0 Å². The molecule has 0 rings (SSSR count). The molecule has 0 saturated heterocycles. The summed E-state index contributed by atoms with van der Waals surface area (Å²) in [6.45, 7) is 11.6. The topological polar surface area (TPSA) is 105 Å². The molecule has 4 N–H and O–H groups in total. The summed E-state index contributed by atoms with van der Waals surface area (Å²) in [4.78, 5) is 24.3. The number of carbonyl (C=O) groups excluding carboxylic acids is 1. The summed E-state index contributed by atoms with van der Waals surface area (Å²) < 4.78 is 5.18. The van der Waals surface area contributed by atoms with Gasteiger partial charge in [0.25, 0.3) is 0 Å². The number of hydrogen-bond acceptors (Lipinski definition) is 4. The predicted molar refractivity (Wildman–Crippen MR) is 85.9 cm³/mol. The molecular weight excluding hydrogens is 286 g/mol. The average molecular weight is 317 g/mol. The van der Waals surface area contributed by atoms with Crippen molar-refractivity contribution >= 4 is 12.2 Å². The fraction of sp³-hybridized carbons (Fsp3) is 0.867. The van der Waals surface area contributed by atoms with E-state index >= 15 is 0 Å².